The minimum absolute atomic E-state index is 0.101. The molecule has 340 valence electrons. The molecule has 5 aliphatic rings. The summed E-state index contributed by atoms with van der Waals surface area (Å²) in [5, 5.41) is 5.46. The van der Waals surface area contributed by atoms with E-state index in [4.69, 9.17) is 28.9 Å². The van der Waals surface area contributed by atoms with E-state index in [2.05, 4.69) is 70.2 Å². The van der Waals surface area contributed by atoms with Crippen LogP contribution in [0.2, 0.25) is 0 Å². The van der Waals surface area contributed by atoms with E-state index in [9.17, 15) is 19.2 Å². The van der Waals surface area contributed by atoms with Gasteiger partial charge in [0, 0.05) is 54.1 Å². The van der Waals surface area contributed by atoms with Gasteiger partial charge in [0.1, 0.15) is 29.4 Å². The van der Waals surface area contributed by atoms with Gasteiger partial charge in [0.25, 0.3) is 0 Å². The minimum Gasteiger partial charge on any atom is -0.457 e. The van der Waals surface area contributed by atoms with Crippen LogP contribution < -0.4 is 15.4 Å². The third-order valence-corrected chi connectivity index (χ3v) is 13.5. The number of aromatic amines is 1. The molecule has 1 aromatic heterocycles. The number of rotatable bonds is 11. The van der Waals surface area contributed by atoms with Crippen LogP contribution in [0.1, 0.15) is 108 Å². The molecule has 3 N–H and O–H groups in total. The molecule has 1 spiro atoms. The Morgan fingerprint density at radius 3 is 2.03 bits per heavy atom. The normalized spacial score (nSPS) is 21.3. The molecule has 0 saturated carbocycles. The number of amides is 4. The van der Waals surface area contributed by atoms with Gasteiger partial charge in [-0.2, -0.15) is 0 Å². The number of fused-ring (bicyclic) bond motifs is 2. The fourth-order valence-corrected chi connectivity index (χ4v) is 9.89. The summed E-state index contributed by atoms with van der Waals surface area (Å²) in [4.78, 5) is 68.9. The number of imidazole rings is 1. The highest BCUT2D eigenvalue weighted by Crippen LogP contribution is 2.48. The van der Waals surface area contributed by atoms with E-state index in [1.165, 1.54) is 14.2 Å². The van der Waals surface area contributed by atoms with E-state index >= 15 is 0 Å². The number of carbonyl (C=O) groups excluding carboxylic acids is 4. The number of nitrogens with one attached hydrogen (secondary N) is 3. The number of hydrogen-bond donors (Lipinski definition) is 3. The monoisotopic (exact) mass is 875 g/mol. The molecule has 3 aromatic rings. The Balaban J connectivity index is 0.997. The Labute approximate surface area is 375 Å². The van der Waals surface area contributed by atoms with Crippen molar-refractivity contribution in [3.8, 4) is 17.0 Å². The summed E-state index contributed by atoms with van der Waals surface area (Å²) in [6.45, 7) is 10.1. The van der Waals surface area contributed by atoms with E-state index in [-0.39, 0.29) is 41.1 Å². The third-order valence-electron chi connectivity index (χ3n) is 13.5. The molecular formula is C49H61N7O8. The molecule has 4 amide bonds. The SMILES string of the molecule is COC(=O)N[C@H](C(=O)N1CCC[C@H]1C1=NC(c2ccc3c(c2)C2(C=C(c4ccc(-c5cnc([C@@H]6CCCN6C(=O)[C@@H](NC(=O)OC)C(C)C)[nH]5)cc4)O3)CCOCC2)=CCC1)C(C)C. The molecule has 3 fully saturated rings. The van der Waals surface area contributed by atoms with Crippen LogP contribution in [-0.4, -0.2) is 108 Å². The van der Waals surface area contributed by atoms with Gasteiger partial charge in [-0.3, -0.25) is 14.6 Å². The maximum atomic E-state index is 13.9. The predicted molar refractivity (Wildman–Crippen MR) is 242 cm³/mol. The van der Waals surface area contributed by atoms with Gasteiger partial charge >= 0.3 is 12.2 Å². The molecule has 6 heterocycles. The van der Waals surface area contributed by atoms with Crippen molar-refractivity contribution < 1.29 is 38.1 Å². The van der Waals surface area contributed by atoms with Crippen molar-refractivity contribution in [1.29, 1.82) is 0 Å². The first-order valence-corrected chi connectivity index (χ1v) is 22.8. The van der Waals surface area contributed by atoms with E-state index in [1.807, 2.05) is 43.7 Å². The number of alkyl carbamates (subject to hydrolysis) is 2. The Bertz CT molecular complexity index is 2330. The van der Waals surface area contributed by atoms with Crippen LogP contribution in [0.3, 0.4) is 0 Å². The molecule has 15 heteroatoms. The number of carbonyl (C=O) groups is 4. The van der Waals surface area contributed by atoms with Crippen LogP contribution in [-0.2, 0) is 29.2 Å². The summed E-state index contributed by atoms with van der Waals surface area (Å²) in [5.74, 6) is 1.86. The second-order valence-electron chi connectivity index (χ2n) is 18.2. The van der Waals surface area contributed by atoms with Gasteiger partial charge in [-0.15, -0.1) is 0 Å². The Hall–Kier alpha value is -5.96. The highest BCUT2D eigenvalue weighted by atomic mass is 16.5. The van der Waals surface area contributed by atoms with E-state index in [0.29, 0.717) is 32.1 Å². The Morgan fingerprint density at radius 1 is 0.812 bits per heavy atom. The minimum atomic E-state index is -0.700. The molecule has 5 aliphatic heterocycles. The van der Waals surface area contributed by atoms with Crippen molar-refractivity contribution >= 4 is 41.2 Å². The number of H-pyrrole nitrogens is 1. The first kappa shape index (κ1) is 44.6. The van der Waals surface area contributed by atoms with E-state index in [0.717, 1.165) is 102 Å². The molecule has 8 rings (SSSR count). The summed E-state index contributed by atoms with van der Waals surface area (Å²) < 4.78 is 22.2. The fourth-order valence-electron chi connectivity index (χ4n) is 9.89. The quantitative estimate of drug-likeness (QED) is 0.176. The number of hydrogen-bond acceptors (Lipinski definition) is 10. The zero-order chi connectivity index (χ0) is 45.1. The summed E-state index contributed by atoms with van der Waals surface area (Å²) >= 11 is 0. The first-order valence-electron chi connectivity index (χ1n) is 22.8. The lowest BCUT2D eigenvalue weighted by atomic mass is 9.71. The van der Waals surface area contributed by atoms with Crippen LogP contribution in [0.15, 0.2) is 65.8 Å². The van der Waals surface area contributed by atoms with Crippen molar-refractivity contribution in [2.45, 2.75) is 109 Å². The van der Waals surface area contributed by atoms with Gasteiger partial charge < -0.3 is 44.4 Å². The summed E-state index contributed by atoms with van der Waals surface area (Å²) in [7, 11) is 2.60. The molecule has 4 atom stereocenters. The maximum absolute atomic E-state index is 13.9. The van der Waals surface area contributed by atoms with Crippen LogP contribution >= 0.6 is 0 Å². The zero-order valence-corrected chi connectivity index (χ0v) is 37.8. The fraction of sp³-hybridized carbons (Fsp3) is 0.510. The molecule has 15 nitrogen and oxygen atoms in total. The topological polar surface area (TPSA) is 177 Å². The largest absolute Gasteiger partial charge is 0.457 e. The number of likely N-dealkylation sites (tertiary alicyclic amines) is 2. The van der Waals surface area contributed by atoms with Crippen LogP contribution in [0.4, 0.5) is 9.59 Å². The number of benzene rings is 2. The predicted octanol–water partition coefficient (Wildman–Crippen LogP) is 7.55. The second kappa shape index (κ2) is 19.0. The number of allylic oxidation sites excluding steroid dienone is 2. The van der Waals surface area contributed by atoms with Gasteiger partial charge in [-0.25, -0.2) is 14.6 Å². The Morgan fingerprint density at radius 2 is 1.41 bits per heavy atom. The van der Waals surface area contributed by atoms with Crippen molar-refractivity contribution in [2.75, 3.05) is 40.5 Å². The average molecular weight is 876 g/mol. The highest BCUT2D eigenvalue weighted by Gasteiger charge is 2.41. The first-order chi connectivity index (χ1) is 30.9. The molecule has 0 radical (unpaired) electrons. The maximum Gasteiger partial charge on any atom is 0.407 e. The molecule has 0 bridgehead atoms. The van der Waals surface area contributed by atoms with Gasteiger partial charge in [0.2, 0.25) is 11.8 Å². The van der Waals surface area contributed by atoms with E-state index < -0.39 is 24.3 Å². The smallest absolute Gasteiger partial charge is 0.407 e. The number of nitrogens with zero attached hydrogens (tertiary/aromatic N) is 4. The van der Waals surface area contributed by atoms with Crippen molar-refractivity contribution in [1.82, 2.24) is 30.4 Å². The number of methoxy groups -OCH3 is 2. The second-order valence-corrected chi connectivity index (χ2v) is 18.2. The number of ether oxygens (including phenoxy) is 4. The molecule has 0 unspecified atom stereocenters. The molecular weight excluding hydrogens is 815 g/mol. The summed E-state index contributed by atoms with van der Waals surface area (Å²) in [6, 6.07) is 12.9. The lowest BCUT2D eigenvalue weighted by Crippen LogP contribution is -2.53. The van der Waals surface area contributed by atoms with Gasteiger partial charge in [0.15, 0.2) is 0 Å². The standard InChI is InChI=1S/C49H61N7O8/c1-29(2)42(53-47(59)61-5)45(57)55-22-8-12-38(55)36-11-7-10-35(51-36)33-18-19-40-34(26-33)49(20-24-63-25-21-49)27-41(64-40)32-16-14-31(15-17-32)37-28-50-44(52-37)39-13-9-23-56(39)46(58)43(30(3)4)54-48(60)62-6/h10,14-19,26-30,38-39,42-43H,7-9,11-13,20-25H2,1-6H3,(H,50,52)(H,53,59)(H,54,60)/t38-,39-,42-,43-/m0/s1. The molecule has 2 aromatic carbocycles. The van der Waals surface area contributed by atoms with Gasteiger partial charge in [-0.05, 0) is 93.0 Å². The average Bonchev–Trinajstić information content (AvgIpc) is 4.12. The van der Waals surface area contributed by atoms with Crippen LogP contribution in [0.25, 0.3) is 22.7 Å². The van der Waals surface area contributed by atoms with Crippen LogP contribution in [0, 0.1) is 11.8 Å². The van der Waals surface area contributed by atoms with Gasteiger partial charge in [-0.1, -0.05) is 58.0 Å². The van der Waals surface area contributed by atoms with Crippen molar-refractivity contribution in [2.24, 2.45) is 16.8 Å². The zero-order valence-electron chi connectivity index (χ0n) is 37.8. The van der Waals surface area contributed by atoms with Crippen LogP contribution in [0.5, 0.6) is 5.75 Å². The highest BCUT2D eigenvalue weighted by molar-refractivity contribution is 5.99. The summed E-state index contributed by atoms with van der Waals surface area (Å²) in [5.41, 5.74) is 6.48. The lowest BCUT2D eigenvalue weighted by molar-refractivity contribution is -0.135. The lowest BCUT2D eigenvalue weighted by Gasteiger charge is -2.40. The third kappa shape index (κ3) is 9.04. The van der Waals surface area contributed by atoms with Gasteiger partial charge in [0.05, 0.1) is 43.9 Å². The number of aromatic nitrogens is 2. The summed E-state index contributed by atoms with van der Waals surface area (Å²) in [6.07, 6.45) is 11.6. The molecule has 3 saturated heterocycles. The van der Waals surface area contributed by atoms with Crippen molar-refractivity contribution in [3.63, 3.8) is 0 Å². The van der Waals surface area contributed by atoms with E-state index in [1.54, 1.807) is 0 Å². The van der Waals surface area contributed by atoms with Crippen molar-refractivity contribution in [3.05, 3.63) is 83.3 Å². The molecule has 64 heavy (non-hydrogen) atoms. The Kier molecular flexibility index (Phi) is 13.3. The molecule has 0 aliphatic carbocycles. The number of aliphatic imine (C=N–C) groups is 1.